The molecule has 0 saturated carbocycles. The van der Waals surface area contributed by atoms with Crippen molar-refractivity contribution in [1.29, 1.82) is 0 Å². The third kappa shape index (κ3) is 4.84. The third-order valence-corrected chi connectivity index (χ3v) is 6.25. The molecule has 2 heterocycles. The predicted octanol–water partition coefficient (Wildman–Crippen LogP) is 1.60. The normalized spacial score (nSPS) is 21.7. The molecule has 2 aliphatic heterocycles. The standard InChI is InChI=1S/C21H33N3O2/c1-17(23-13-11-22(2)12-14-23)20-7-9-24(10-8-20)21(26)15-18-3-5-19(16-25)6-4-18/h3-6,17,20,25H,7-16H2,1-2H3/t17-/m1/s1. The zero-order valence-electron chi connectivity index (χ0n) is 16.2. The lowest BCUT2D eigenvalue weighted by atomic mass is 9.89. The summed E-state index contributed by atoms with van der Waals surface area (Å²) in [5.41, 5.74) is 1.92. The van der Waals surface area contributed by atoms with Crippen LogP contribution >= 0.6 is 0 Å². The molecule has 0 radical (unpaired) electrons. The van der Waals surface area contributed by atoms with Crippen LogP contribution in [-0.4, -0.2) is 78.1 Å². The monoisotopic (exact) mass is 359 g/mol. The van der Waals surface area contributed by atoms with Gasteiger partial charge in [0.25, 0.3) is 0 Å². The maximum absolute atomic E-state index is 12.6. The van der Waals surface area contributed by atoms with E-state index in [1.54, 1.807) is 0 Å². The Balaban J connectivity index is 1.45. The van der Waals surface area contributed by atoms with Gasteiger partial charge in [-0.25, -0.2) is 0 Å². The van der Waals surface area contributed by atoms with Crippen molar-refractivity contribution in [2.24, 2.45) is 5.92 Å². The number of likely N-dealkylation sites (tertiary alicyclic amines) is 1. The van der Waals surface area contributed by atoms with Gasteiger partial charge in [-0.15, -0.1) is 0 Å². The van der Waals surface area contributed by atoms with Crippen LogP contribution < -0.4 is 0 Å². The lowest BCUT2D eigenvalue weighted by Gasteiger charge is -2.42. The van der Waals surface area contributed by atoms with Crippen LogP contribution in [0.3, 0.4) is 0 Å². The molecule has 1 aromatic carbocycles. The highest BCUT2D eigenvalue weighted by Gasteiger charge is 2.30. The van der Waals surface area contributed by atoms with Crippen LogP contribution in [0, 0.1) is 5.92 Å². The molecular weight excluding hydrogens is 326 g/mol. The second-order valence-electron chi connectivity index (χ2n) is 7.95. The van der Waals surface area contributed by atoms with Gasteiger partial charge in [0.2, 0.25) is 5.91 Å². The van der Waals surface area contributed by atoms with Crippen molar-refractivity contribution in [3.63, 3.8) is 0 Å². The van der Waals surface area contributed by atoms with Crippen molar-refractivity contribution in [1.82, 2.24) is 14.7 Å². The van der Waals surface area contributed by atoms with Crippen LogP contribution in [0.5, 0.6) is 0 Å². The molecule has 26 heavy (non-hydrogen) atoms. The summed E-state index contributed by atoms with van der Waals surface area (Å²) in [5.74, 6) is 0.929. The summed E-state index contributed by atoms with van der Waals surface area (Å²) in [6.07, 6.45) is 2.69. The molecule has 1 atom stereocenters. The Morgan fingerprint density at radius 2 is 1.62 bits per heavy atom. The maximum Gasteiger partial charge on any atom is 0.226 e. The highest BCUT2D eigenvalue weighted by Crippen LogP contribution is 2.25. The summed E-state index contributed by atoms with van der Waals surface area (Å²) < 4.78 is 0. The average molecular weight is 360 g/mol. The number of carbonyl (C=O) groups excluding carboxylic acids is 1. The third-order valence-electron chi connectivity index (χ3n) is 6.25. The van der Waals surface area contributed by atoms with E-state index in [2.05, 4.69) is 23.8 Å². The summed E-state index contributed by atoms with van der Waals surface area (Å²) in [4.78, 5) is 19.7. The topological polar surface area (TPSA) is 47.0 Å². The lowest BCUT2D eigenvalue weighted by Crippen LogP contribution is -2.52. The smallest absolute Gasteiger partial charge is 0.226 e. The predicted molar refractivity (Wildman–Crippen MR) is 104 cm³/mol. The number of piperazine rings is 1. The number of piperidine rings is 1. The van der Waals surface area contributed by atoms with Crippen molar-refractivity contribution in [3.8, 4) is 0 Å². The van der Waals surface area contributed by atoms with Gasteiger partial charge in [-0.2, -0.15) is 0 Å². The van der Waals surface area contributed by atoms with E-state index in [9.17, 15) is 4.79 Å². The fourth-order valence-corrected chi connectivity index (χ4v) is 4.21. The SMILES string of the molecule is C[C@H](C1CCN(C(=O)Cc2ccc(CO)cc2)CC1)N1CCN(C)CC1. The van der Waals surface area contributed by atoms with Crippen LogP contribution in [-0.2, 0) is 17.8 Å². The molecule has 5 heteroatoms. The molecule has 2 saturated heterocycles. The Kier molecular flexibility index (Phi) is 6.68. The molecule has 2 fully saturated rings. The first-order valence-corrected chi connectivity index (χ1v) is 9.96. The highest BCUT2D eigenvalue weighted by atomic mass is 16.3. The number of aliphatic hydroxyl groups excluding tert-OH is 1. The number of carbonyl (C=O) groups is 1. The zero-order chi connectivity index (χ0) is 18.5. The van der Waals surface area contributed by atoms with E-state index in [4.69, 9.17) is 5.11 Å². The number of nitrogens with zero attached hydrogens (tertiary/aromatic N) is 3. The molecule has 0 bridgehead atoms. The van der Waals surface area contributed by atoms with Gasteiger partial charge in [0, 0.05) is 45.3 Å². The molecule has 3 rings (SSSR count). The second kappa shape index (κ2) is 8.98. The van der Waals surface area contributed by atoms with Gasteiger partial charge >= 0.3 is 0 Å². The first-order chi connectivity index (χ1) is 12.6. The van der Waals surface area contributed by atoms with E-state index >= 15 is 0 Å². The molecule has 144 valence electrons. The Morgan fingerprint density at radius 1 is 1.04 bits per heavy atom. The summed E-state index contributed by atoms with van der Waals surface area (Å²) in [5, 5.41) is 9.11. The fraction of sp³-hybridized carbons (Fsp3) is 0.667. The number of benzene rings is 1. The minimum atomic E-state index is 0.0488. The molecule has 5 nitrogen and oxygen atoms in total. The van der Waals surface area contributed by atoms with Gasteiger partial charge in [-0.05, 0) is 43.9 Å². The summed E-state index contributed by atoms with van der Waals surface area (Å²) in [6.45, 7) is 8.85. The van der Waals surface area contributed by atoms with Gasteiger partial charge in [-0.1, -0.05) is 24.3 Å². The lowest BCUT2D eigenvalue weighted by molar-refractivity contribution is -0.132. The Hall–Kier alpha value is -1.43. The minimum absolute atomic E-state index is 0.0488. The van der Waals surface area contributed by atoms with Gasteiger partial charge in [0.1, 0.15) is 0 Å². The van der Waals surface area contributed by atoms with Crippen LogP contribution in [0.1, 0.15) is 30.9 Å². The molecule has 1 aromatic rings. The van der Waals surface area contributed by atoms with Crippen LogP contribution in [0.25, 0.3) is 0 Å². The quantitative estimate of drug-likeness (QED) is 0.867. The molecule has 1 amide bonds. The van der Waals surface area contributed by atoms with E-state index in [0.29, 0.717) is 18.4 Å². The Labute approximate surface area is 157 Å². The molecule has 0 aromatic heterocycles. The highest BCUT2D eigenvalue weighted by molar-refractivity contribution is 5.78. The largest absolute Gasteiger partial charge is 0.392 e. The van der Waals surface area contributed by atoms with Crippen LogP contribution in [0.4, 0.5) is 0 Å². The van der Waals surface area contributed by atoms with Gasteiger partial charge in [0.15, 0.2) is 0 Å². The summed E-state index contributed by atoms with van der Waals surface area (Å²) in [6, 6.07) is 8.31. The van der Waals surface area contributed by atoms with E-state index in [1.807, 2.05) is 29.2 Å². The molecule has 0 unspecified atom stereocenters. The number of hydrogen-bond donors (Lipinski definition) is 1. The van der Waals surface area contributed by atoms with Gasteiger partial charge < -0.3 is 14.9 Å². The van der Waals surface area contributed by atoms with Gasteiger partial charge in [-0.3, -0.25) is 9.69 Å². The van der Waals surface area contributed by atoms with Crippen molar-refractivity contribution in [2.75, 3.05) is 46.3 Å². The van der Waals surface area contributed by atoms with Crippen molar-refractivity contribution in [2.45, 2.75) is 38.8 Å². The van der Waals surface area contributed by atoms with E-state index in [-0.39, 0.29) is 12.5 Å². The molecule has 0 spiro atoms. The first-order valence-electron chi connectivity index (χ1n) is 9.96. The zero-order valence-corrected chi connectivity index (χ0v) is 16.2. The van der Waals surface area contributed by atoms with Gasteiger partial charge in [0.05, 0.1) is 13.0 Å². The number of likely N-dealkylation sites (N-methyl/N-ethyl adjacent to an activating group) is 1. The second-order valence-corrected chi connectivity index (χ2v) is 7.95. The average Bonchev–Trinajstić information content (AvgIpc) is 2.69. The molecule has 0 aliphatic carbocycles. The molecular formula is C21H33N3O2. The molecule has 1 N–H and O–H groups in total. The van der Waals surface area contributed by atoms with Crippen molar-refractivity contribution >= 4 is 5.91 Å². The maximum atomic E-state index is 12.6. The molecule has 2 aliphatic rings. The van der Waals surface area contributed by atoms with Crippen LogP contribution in [0.15, 0.2) is 24.3 Å². The first kappa shape index (κ1) is 19.3. The number of hydrogen-bond acceptors (Lipinski definition) is 4. The van der Waals surface area contributed by atoms with E-state index in [0.717, 1.165) is 50.1 Å². The number of amides is 1. The van der Waals surface area contributed by atoms with E-state index < -0.39 is 0 Å². The Morgan fingerprint density at radius 3 is 2.19 bits per heavy atom. The summed E-state index contributed by atoms with van der Waals surface area (Å²) >= 11 is 0. The summed E-state index contributed by atoms with van der Waals surface area (Å²) in [7, 11) is 2.20. The number of aliphatic hydroxyl groups is 1. The number of rotatable bonds is 5. The van der Waals surface area contributed by atoms with Crippen LogP contribution in [0.2, 0.25) is 0 Å². The Bertz CT molecular complexity index is 573. The van der Waals surface area contributed by atoms with E-state index in [1.165, 1.54) is 13.1 Å². The fourth-order valence-electron chi connectivity index (χ4n) is 4.21. The van der Waals surface area contributed by atoms with Crippen molar-refractivity contribution < 1.29 is 9.90 Å². The minimum Gasteiger partial charge on any atom is -0.392 e. The van der Waals surface area contributed by atoms with Crippen molar-refractivity contribution in [3.05, 3.63) is 35.4 Å².